The average molecular weight is 323 g/mol. The van der Waals surface area contributed by atoms with Crippen molar-refractivity contribution in [2.75, 3.05) is 24.3 Å². The SMILES string of the molecule is CSCCCCCNC(=O)c1sc2nc(C)ccc2c1N. The van der Waals surface area contributed by atoms with Crippen molar-refractivity contribution in [3.8, 4) is 0 Å². The molecule has 0 aromatic carbocycles. The van der Waals surface area contributed by atoms with Gasteiger partial charge >= 0.3 is 0 Å². The van der Waals surface area contributed by atoms with E-state index in [0.717, 1.165) is 28.8 Å². The van der Waals surface area contributed by atoms with E-state index in [9.17, 15) is 4.79 Å². The molecule has 2 aromatic heterocycles. The second kappa shape index (κ2) is 7.66. The second-order valence-corrected chi connectivity index (χ2v) is 6.94. The summed E-state index contributed by atoms with van der Waals surface area (Å²) in [4.78, 5) is 18.0. The molecule has 0 aliphatic heterocycles. The molecule has 0 saturated heterocycles. The van der Waals surface area contributed by atoms with Crippen LogP contribution in [-0.4, -0.2) is 29.4 Å². The molecule has 0 aliphatic rings. The molecule has 6 heteroatoms. The first-order valence-corrected chi connectivity index (χ1v) is 9.27. The summed E-state index contributed by atoms with van der Waals surface area (Å²) in [6.07, 6.45) is 5.46. The number of unbranched alkanes of at least 4 members (excludes halogenated alkanes) is 2. The van der Waals surface area contributed by atoms with Crippen LogP contribution in [0.2, 0.25) is 0 Å². The summed E-state index contributed by atoms with van der Waals surface area (Å²) in [6, 6.07) is 3.85. The number of anilines is 1. The van der Waals surface area contributed by atoms with Crippen molar-refractivity contribution in [2.45, 2.75) is 26.2 Å². The summed E-state index contributed by atoms with van der Waals surface area (Å²) in [5, 5.41) is 3.82. The van der Waals surface area contributed by atoms with Gasteiger partial charge in [-0.1, -0.05) is 6.42 Å². The Morgan fingerprint density at radius 3 is 2.95 bits per heavy atom. The minimum Gasteiger partial charge on any atom is -0.397 e. The predicted molar refractivity (Wildman–Crippen MR) is 93.3 cm³/mol. The third-order valence-corrected chi connectivity index (χ3v) is 5.06. The highest BCUT2D eigenvalue weighted by atomic mass is 32.2. The molecule has 2 rings (SSSR count). The number of nitrogens with two attached hydrogens (primary N) is 1. The summed E-state index contributed by atoms with van der Waals surface area (Å²) in [7, 11) is 0. The fraction of sp³-hybridized carbons (Fsp3) is 0.467. The van der Waals surface area contributed by atoms with Gasteiger partial charge in [-0.15, -0.1) is 11.3 Å². The van der Waals surface area contributed by atoms with E-state index >= 15 is 0 Å². The fourth-order valence-corrected chi connectivity index (χ4v) is 3.64. The molecule has 0 radical (unpaired) electrons. The lowest BCUT2D eigenvalue weighted by molar-refractivity contribution is 0.0958. The first-order chi connectivity index (χ1) is 10.1. The zero-order valence-corrected chi connectivity index (χ0v) is 14.1. The van der Waals surface area contributed by atoms with Gasteiger partial charge in [0.2, 0.25) is 0 Å². The van der Waals surface area contributed by atoms with E-state index in [2.05, 4.69) is 16.6 Å². The van der Waals surface area contributed by atoms with Crippen LogP contribution in [0.25, 0.3) is 10.2 Å². The maximum atomic E-state index is 12.2. The summed E-state index contributed by atoms with van der Waals surface area (Å²) in [5.74, 6) is 1.10. The van der Waals surface area contributed by atoms with Crippen LogP contribution in [0.3, 0.4) is 0 Å². The first kappa shape index (κ1) is 16.1. The Balaban J connectivity index is 1.95. The second-order valence-electron chi connectivity index (χ2n) is 4.96. The molecule has 0 unspecified atom stereocenters. The highest BCUT2D eigenvalue weighted by Gasteiger charge is 2.16. The van der Waals surface area contributed by atoms with Crippen molar-refractivity contribution in [3.05, 3.63) is 22.7 Å². The maximum Gasteiger partial charge on any atom is 0.263 e. The lowest BCUT2D eigenvalue weighted by atomic mass is 10.2. The molecule has 0 saturated carbocycles. The number of amides is 1. The van der Waals surface area contributed by atoms with Crippen molar-refractivity contribution in [1.29, 1.82) is 0 Å². The molecule has 2 aromatic rings. The summed E-state index contributed by atoms with van der Waals surface area (Å²) >= 11 is 3.23. The molecule has 0 atom stereocenters. The molecular formula is C15H21N3OS2. The number of thiophene rings is 1. The van der Waals surface area contributed by atoms with Crippen LogP contribution in [0.5, 0.6) is 0 Å². The van der Waals surface area contributed by atoms with E-state index in [-0.39, 0.29) is 5.91 Å². The molecule has 21 heavy (non-hydrogen) atoms. The Hall–Kier alpha value is -1.27. The monoisotopic (exact) mass is 323 g/mol. The quantitative estimate of drug-likeness (QED) is 0.766. The maximum absolute atomic E-state index is 12.2. The third-order valence-electron chi connectivity index (χ3n) is 3.25. The molecule has 4 nitrogen and oxygen atoms in total. The Morgan fingerprint density at radius 2 is 2.19 bits per heavy atom. The zero-order valence-electron chi connectivity index (χ0n) is 12.4. The molecule has 0 aliphatic carbocycles. The number of nitrogen functional groups attached to an aromatic ring is 1. The van der Waals surface area contributed by atoms with E-state index in [0.29, 0.717) is 17.1 Å². The molecule has 2 heterocycles. The highest BCUT2D eigenvalue weighted by Crippen LogP contribution is 2.32. The van der Waals surface area contributed by atoms with Crippen LogP contribution >= 0.6 is 23.1 Å². The standard InChI is InChI=1S/C15H21N3OS2/c1-10-6-7-11-12(16)13(21-15(11)18-10)14(19)17-8-4-3-5-9-20-2/h6-7H,3-5,8-9,16H2,1-2H3,(H,17,19). The van der Waals surface area contributed by atoms with Gasteiger partial charge in [-0.05, 0) is 43.9 Å². The van der Waals surface area contributed by atoms with Crippen molar-refractivity contribution in [3.63, 3.8) is 0 Å². The van der Waals surface area contributed by atoms with Gasteiger partial charge in [-0.25, -0.2) is 4.98 Å². The molecule has 3 N–H and O–H groups in total. The van der Waals surface area contributed by atoms with Crippen LogP contribution in [0.4, 0.5) is 5.69 Å². The van der Waals surface area contributed by atoms with Gasteiger partial charge in [-0.3, -0.25) is 4.79 Å². The van der Waals surface area contributed by atoms with Crippen LogP contribution in [0, 0.1) is 6.92 Å². The van der Waals surface area contributed by atoms with Gasteiger partial charge in [0.25, 0.3) is 5.91 Å². The smallest absolute Gasteiger partial charge is 0.263 e. The van der Waals surface area contributed by atoms with Crippen LogP contribution < -0.4 is 11.1 Å². The molecule has 0 fully saturated rings. The zero-order chi connectivity index (χ0) is 15.2. The van der Waals surface area contributed by atoms with Crippen LogP contribution in [0.15, 0.2) is 12.1 Å². The lowest BCUT2D eigenvalue weighted by Gasteiger charge is -2.04. The van der Waals surface area contributed by atoms with E-state index in [4.69, 9.17) is 5.73 Å². The number of rotatable bonds is 7. The average Bonchev–Trinajstić information content (AvgIpc) is 2.79. The van der Waals surface area contributed by atoms with Gasteiger partial charge in [0.1, 0.15) is 9.71 Å². The van der Waals surface area contributed by atoms with Gasteiger partial charge in [-0.2, -0.15) is 11.8 Å². The number of carbonyl (C=O) groups is 1. The van der Waals surface area contributed by atoms with Crippen molar-refractivity contribution in [1.82, 2.24) is 10.3 Å². The number of fused-ring (bicyclic) bond motifs is 1. The summed E-state index contributed by atoms with van der Waals surface area (Å²) in [5.41, 5.74) is 7.55. The van der Waals surface area contributed by atoms with Gasteiger partial charge in [0, 0.05) is 17.6 Å². The lowest BCUT2D eigenvalue weighted by Crippen LogP contribution is -2.24. The van der Waals surface area contributed by atoms with Crippen molar-refractivity contribution >= 4 is 44.9 Å². The number of hydrogen-bond donors (Lipinski definition) is 2. The van der Waals surface area contributed by atoms with Crippen LogP contribution in [-0.2, 0) is 0 Å². The fourth-order valence-electron chi connectivity index (χ4n) is 2.09. The highest BCUT2D eigenvalue weighted by molar-refractivity contribution is 7.98. The third kappa shape index (κ3) is 4.11. The molecule has 114 valence electrons. The number of nitrogens with zero attached hydrogens (tertiary/aromatic N) is 1. The molecule has 0 bridgehead atoms. The van der Waals surface area contributed by atoms with E-state index < -0.39 is 0 Å². The Kier molecular flexibility index (Phi) is 5.87. The van der Waals surface area contributed by atoms with E-state index in [1.165, 1.54) is 23.5 Å². The predicted octanol–water partition coefficient (Wildman–Crippen LogP) is 3.45. The molecule has 0 spiro atoms. The van der Waals surface area contributed by atoms with Gasteiger partial charge in [0.15, 0.2) is 0 Å². The number of hydrogen-bond acceptors (Lipinski definition) is 5. The number of thioether (sulfide) groups is 1. The summed E-state index contributed by atoms with van der Waals surface area (Å²) in [6.45, 7) is 2.64. The normalized spacial score (nSPS) is 11.0. The van der Waals surface area contributed by atoms with Crippen LogP contribution in [0.1, 0.15) is 34.6 Å². The summed E-state index contributed by atoms with van der Waals surface area (Å²) < 4.78 is 0. The minimum atomic E-state index is -0.0852. The topological polar surface area (TPSA) is 68.0 Å². The number of pyridine rings is 1. The Bertz CT molecular complexity index is 625. The van der Waals surface area contributed by atoms with E-state index in [1.807, 2.05) is 30.8 Å². The first-order valence-electron chi connectivity index (χ1n) is 7.06. The van der Waals surface area contributed by atoms with Crippen molar-refractivity contribution in [2.24, 2.45) is 0 Å². The largest absolute Gasteiger partial charge is 0.397 e. The number of aromatic nitrogens is 1. The number of aryl methyl sites for hydroxylation is 1. The Morgan fingerprint density at radius 1 is 1.38 bits per heavy atom. The minimum absolute atomic E-state index is 0.0852. The van der Waals surface area contributed by atoms with Crippen molar-refractivity contribution < 1.29 is 4.79 Å². The molecular weight excluding hydrogens is 302 g/mol. The van der Waals surface area contributed by atoms with Gasteiger partial charge in [0.05, 0.1) is 5.69 Å². The Labute approximate surface area is 133 Å². The number of nitrogens with one attached hydrogen (secondary N) is 1. The molecule has 1 amide bonds. The number of carbonyl (C=O) groups excluding carboxylic acids is 1. The van der Waals surface area contributed by atoms with Gasteiger partial charge < -0.3 is 11.1 Å². The van der Waals surface area contributed by atoms with E-state index in [1.54, 1.807) is 0 Å².